The van der Waals surface area contributed by atoms with Gasteiger partial charge in [-0.3, -0.25) is 4.79 Å². The van der Waals surface area contributed by atoms with E-state index in [1.165, 1.54) is 18.2 Å². The van der Waals surface area contributed by atoms with Gasteiger partial charge in [0.2, 0.25) is 0 Å². The van der Waals surface area contributed by atoms with Crippen molar-refractivity contribution in [3.05, 3.63) is 23.8 Å². The van der Waals surface area contributed by atoms with Crippen molar-refractivity contribution in [2.24, 2.45) is 0 Å². The molecule has 1 aromatic rings. The van der Waals surface area contributed by atoms with E-state index < -0.39 is 5.60 Å². The van der Waals surface area contributed by atoms with Crippen molar-refractivity contribution >= 4 is 5.97 Å². The standard InChI is InChI=1S/C14H21NO4/c1-9(11-7-10(16)5-6-12(11)17)15-8-13(18)19-14(2,3)4/h5-7,9,15-17H,8H2,1-4H3. The number of esters is 1. The van der Waals surface area contributed by atoms with Crippen molar-refractivity contribution in [1.29, 1.82) is 0 Å². The highest BCUT2D eigenvalue weighted by molar-refractivity contribution is 5.72. The molecular formula is C14H21NO4. The molecule has 5 heteroatoms. The zero-order valence-electron chi connectivity index (χ0n) is 11.7. The average molecular weight is 267 g/mol. The lowest BCUT2D eigenvalue weighted by molar-refractivity contribution is -0.153. The van der Waals surface area contributed by atoms with Crippen LogP contribution in [0, 0.1) is 0 Å². The van der Waals surface area contributed by atoms with Crippen molar-refractivity contribution in [3.8, 4) is 11.5 Å². The van der Waals surface area contributed by atoms with E-state index in [-0.39, 0.29) is 30.1 Å². The first-order valence-corrected chi connectivity index (χ1v) is 6.16. The molecule has 1 rings (SSSR count). The minimum absolute atomic E-state index is 0.0353. The van der Waals surface area contributed by atoms with Crippen molar-refractivity contribution < 1.29 is 19.7 Å². The van der Waals surface area contributed by atoms with Gasteiger partial charge >= 0.3 is 5.97 Å². The largest absolute Gasteiger partial charge is 0.508 e. The molecule has 0 heterocycles. The molecule has 0 aliphatic rings. The molecule has 1 aromatic carbocycles. The minimum atomic E-state index is -0.519. The number of benzene rings is 1. The molecular weight excluding hydrogens is 246 g/mol. The van der Waals surface area contributed by atoms with E-state index >= 15 is 0 Å². The van der Waals surface area contributed by atoms with Crippen molar-refractivity contribution in [3.63, 3.8) is 0 Å². The first kappa shape index (κ1) is 15.3. The predicted octanol–water partition coefficient (Wildman–Crippen LogP) is 2.09. The van der Waals surface area contributed by atoms with Gasteiger partial charge in [0.1, 0.15) is 17.1 Å². The van der Waals surface area contributed by atoms with Gasteiger partial charge in [0.25, 0.3) is 0 Å². The number of nitrogens with one attached hydrogen (secondary N) is 1. The molecule has 0 saturated heterocycles. The second kappa shape index (κ2) is 5.93. The summed E-state index contributed by atoms with van der Waals surface area (Å²) in [6.07, 6.45) is 0. The van der Waals surface area contributed by atoms with E-state index in [2.05, 4.69) is 5.32 Å². The normalized spacial score (nSPS) is 13.1. The molecule has 0 radical (unpaired) electrons. The van der Waals surface area contributed by atoms with Gasteiger partial charge in [0.05, 0.1) is 6.54 Å². The van der Waals surface area contributed by atoms with E-state index in [1.54, 1.807) is 27.7 Å². The Morgan fingerprint density at radius 2 is 2.00 bits per heavy atom. The van der Waals surface area contributed by atoms with E-state index in [1.807, 2.05) is 0 Å². The SMILES string of the molecule is CC(NCC(=O)OC(C)(C)C)c1cc(O)ccc1O. The van der Waals surface area contributed by atoms with Crippen LogP contribution < -0.4 is 5.32 Å². The predicted molar refractivity (Wildman–Crippen MR) is 72.0 cm³/mol. The summed E-state index contributed by atoms with van der Waals surface area (Å²) in [5.41, 5.74) is 0.0124. The summed E-state index contributed by atoms with van der Waals surface area (Å²) in [4.78, 5) is 11.5. The summed E-state index contributed by atoms with van der Waals surface area (Å²) in [5, 5.41) is 22.0. The quantitative estimate of drug-likeness (QED) is 0.575. The third-order valence-electron chi connectivity index (χ3n) is 2.45. The Labute approximate surface area is 113 Å². The molecule has 0 bridgehead atoms. The Morgan fingerprint density at radius 3 is 2.58 bits per heavy atom. The molecule has 0 aliphatic carbocycles. The molecule has 19 heavy (non-hydrogen) atoms. The summed E-state index contributed by atoms with van der Waals surface area (Å²) >= 11 is 0. The number of phenols is 2. The zero-order chi connectivity index (χ0) is 14.6. The van der Waals surface area contributed by atoms with Gasteiger partial charge in [-0.2, -0.15) is 0 Å². The number of carbonyl (C=O) groups excluding carboxylic acids is 1. The molecule has 0 aromatic heterocycles. The van der Waals surface area contributed by atoms with Crippen LogP contribution in [0.4, 0.5) is 0 Å². The Hall–Kier alpha value is -1.75. The third-order valence-corrected chi connectivity index (χ3v) is 2.45. The smallest absolute Gasteiger partial charge is 0.320 e. The average Bonchev–Trinajstić information content (AvgIpc) is 2.27. The molecule has 0 aliphatic heterocycles. The summed E-state index contributed by atoms with van der Waals surface area (Å²) < 4.78 is 5.16. The molecule has 5 nitrogen and oxygen atoms in total. The Kier molecular flexibility index (Phi) is 4.78. The summed E-state index contributed by atoms with van der Waals surface area (Å²) in [7, 11) is 0. The second-order valence-electron chi connectivity index (χ2n) is 5.43. The molecule has 0 fully saturated rings. The van der Waals surface area contributed by atoms with Gasteiger partial charge in [0, 0.05) is 11.6 Å². The molecule has 1 unspecified atom stereocenters. The number of aromatic hydroxyl groups is 2. The lowest BCUT2D eigenvalue weighted by Crippen LogP contribution is -2.32. The second-order valence-corrected chi connectivity index (χ2v) is 5.43. The van der Waals surface area contributed by atoms with Crippen LogP contribution in [0.3, 0.4) is 0 Å². The summed E-state index contributed by atoms with van der Waals surface area (Å²) in [5.74, 6) is -0.223. The highest BCUT2D eigenvalue weighted by atomic mass is 16.6. The Morgan fingerprint density at radius 1 is 1.37 bits per heavy atom. The highest BCUT2D eigenvalue weighted by Crippen LogP contribution is 2.27. The minimum Gasteiger partial charge on any atom is -0.508 e. The van der Waals surface area contributed by atoms with Crippen LogP contribution in [-0.4, -0.2) is 28.3 Å². The molecule has 1 atom stereocenters. The zero-order valence-corrected chi connectivity index (χ0v) is 11.7. The topological polar surface area (TPSA) is 78.8 Å². The van der Waals surface area contributed by atoms with Crippen LogP contribution in [0.15, 0.2) is 18.2 Å². The first-order chi connectivity index (χ1) is 8.69. The molecule has 0 amide bonds. The van der Waals surface area contributed by atoms with Gasteiger partial charge in [-0.25, -0.2) is 0 Å². The van der Waals surface area contributed by atoms with Crippen LogP contribution >= 0.6 is 0 Å². The Bertz CT molecular complexity index is 451. The summed E-state index contributed by atoms with van der Waals surface area (Å²) in [6.45, 7) is 7.23. The fraction of sp³-hybridized carbons (Fsp3) is 0.500. The lowest BCUT2D eigenvalue weighted by atomic mass is 10.1. The van der Waals surface area contributed by atoms with Gasteiger partial charge in [-0.15, -0.1) is 0 Å². The van der Waals surface area contributed by atoms with Gasteiger partial charge in [0.15, 0.2) is 0 Å². The monoisotopic (exact) mass is 267 g/mol. The number of ether oxygens (including phenoxy) is 1. The third kappa shape index (κ3) is 5.18. The maximum absolute atomic E-state index is 11.5. The fourth-order valence-electron chi connectivity index (χ4n) is 1.61. The van der Waals surface area contributed by atoms with Crippen molar-refractivity contribution in [2.45, 2.75) is 39.3 Å². The van der Waals surface area contributed by atoms with Crippen LogP contribution in [0.5, 0.6) is 11.5 Å². The van der Waals surface area contributed by atoms with Crippen molar-refractivity contribution in [2.75, 3.05) is 6.54 Å². The number of carbonyl (C=O) groups is 1. The van der Waals surface area contributed by atoms with Crippen molar-refractivity contribution in [1.82, 2.24) is 5.32 Å². The van der Waals surface area contributed by atoms with Gasteiger partial charge in [-0.05, 0) is 45.9 Å². The van der Waals surface area contributed by atoms with Gasteiger partial charge < -0.3 is 20.3 Å². The van der Waals surface area contributed by atoms with E-state index in [0.717, 1.165) is 0 Å². The molecule has 106 valence electrons. The lowest BCUT2D eigenvalue weighted by Gasteiger charge is -2.21. The number of rotatable bonds is 4. The Balaban J connectivity index is 2.58. The van der Waals surface area contributed by atoms with E-state index in [0.29, 0.717) is 5.56 Å². The number of hydrogen-bond acceptors (Lipinski definition) is 5. The first-order valence-electron chi connectivity index (χ1n) is 6.16. The van der Waals surface area contributed by atoms with Crippen LogP contribution in [0.2, 0.25) is 0 Å². The number of phenolic OH excluding ortho intramolecular Hbond substituents is 2. The molecule has 0 spiro atoms. The van der Waals surface area contributed by atoms with Gasteiger partial charge in [-0.1, -0.05) is 0 Å². The molecule has 3 N–H and O–H groups in total. The highest BCUT2D eigenvalue weighted by Gasteiger charge is 2.17. The van der Waals surface area contributed by atoms with E-state index in [4.69, 9.17) is 4.74 Å². The number of hydrogen-bond donors (Lipinski definition) is 3. The maximum atomic E-state index is 11.5. The fourth-order valence-corrected chi connectivity index (χ4v) is 1.61. The van der Waals surface area contributed by atoms with Crippen LogP contribution in [0.1, 0.15) is 39.3 Å². The van der Waals surface area contributed by atoms with Crippen LogP contribution in [0.25, 0.3) is 0 Å². The summed E-state index contributed by atoms with van der Waals surface area (Å²) in [6, 6.07) is 4.00. The van der Waals surface area contributed by atoms with Crippen LogP contribution in [-0.2, 0) is 9.53 Å². The van der Waals surface area contributed by atoms with E-state index in [9.17, 15) is 15.0 Å². The maximum Gasteiger partial charge on any atom is 0.320 e. The molecule has 0 saturated carbocycles.